The van der Waals surface area contributed by atoms with Gasteiger partial charge >= 0.3 is 0 Å². The van der Waals surface area contributed by atoms with Crippen LogP contribution in [0.3, 0.4) is 0 Å². The van der Waals surface area contributed by atoms with Crippen molar-refractivity contribution in [3.63, 3.8) is 0 Å². The van der Waals surface area contributed by atoms with Gasteiger partial charge < -0.3 is 10.6 Å². The minimum atomic E-state index is -0.191. The van der Waals surface area contributed by atoms with Crippen LogP contribution in [0.2, 0.25) is 0 Å². The van der Waals surface area contributed by atoms with E-state index in [-0.39, 0.29) is 11.9 Å². The molecule has 1 atom stereocenters. The van der Waals surface area contributed by atoms with Gasteiger partial charge in [-0.25, -0.2) is 4.39 Å². The van der Waals surface area contributed by atoms with Gasteiger partial charge in [0.25, 0.3) is 0 Å². The van der Waals surface area contributed by atoms with E-state index in [4.69, 9.17) is 5.73 Å². The molecule has 0 bridgehead atoms. The zero-order valence-electron chi connectivity index (χ0n) is 12.9. The quantitative estimate of drug-likeness (QED) is 0.909. The number of aryl methyl sites for hydroxylation is 1. The Morgan fingerprint density at radius 2 is 1.90 bits per heavy atom. The fraction of sp³-hybridized carbons (Fsp3) is 0.333. The molecule has 0 spiro atoms. The van der Waals surface area contributed by atoms with Gasteiger partial charge in [0.05, 0.1) is 5.69 Å². The Morgan fingerprint density at radius 3 is 2.52 bits per heavy atom. The summed E-state index contributed by atoms with van der Waals surface area (Å²) in [6.07, 6.45) is 0.693. The van der Waals surface area contributed by atoms with Gasteiger partial charge in [-0.15, -0.1) is 0 Å². The topological polar surface area (TPSA) is 29.3 Å². The predicted octanol–water partition coefficient (Wildman–Crippen LogP) is 3.66. The molecule has 2 aromatic rings. The van der Waals surface area contributed by atoms with Gasteiger partial charge in [0.2, 0.25) is 0 Å². The van der Waals surface area contributed by atoms with Crippen molar-refractivity contribution in [2.24, 2.45) is 5.73 Å². The number of anilines is 1. The molecule has 2 aromatic carbocycles. The molecular formula is C18H23FN2. The fourth-order valence-electron chi connectivity index (χ4n) is 2.49. The van der Waals surface area contributed by atoms with Crippen LogP contribution < -0.4 is 10.6 Å². The normalized spacial score (nSPS) is 12.2. The molecule has 0 fully saturated rings. The average molecular weight is 286 g/mol. The summed E-state index contributed by atoms with van der Waals surface area (Å²) in [5.74, 6) is -0.191. The van der Waals surface area contributed by atoms with Crippen LogP contribution >= 0.6 is 0 Å². The molecule has 3 heteroatoms. The second-order valence-electron chi connectivity index (χ2n) is 5.75. The van der Waals surface area contributed by atoms with E-state index in [1.165, 1.54) is 11.1 Å². The number of hydrogen-bond donors (Lipinski definition) is 1. The maximum atomic E-state index is 14.3. The van der Waals surface area contributed by atoms with Crippen molar-refractivity contribution in [2.45, 2.75) is 32.9 Å². The lowest BCUT2D eigenvalue weighted by atomic mass is 10.1. The molecule has 2 N–H and O–H groups in total. The lowest BCUT2D eigenvalue weighted by Gasteiger charge is -2.21. The van der Waals surface area contributed by atoms with Crippen LogP contribution in [0.5, 0.6) is 0 Å². The second-order valence-corrected chi connectivity index (χ2v) is 5.75. The number of benzene rings is 2. The number of halogens is 1. The Morgan fingerprint density at radius 1 is 1.19 bits per heavy atom. The zero-order chi connectivity index (χ0) is 15.4. The van der Waals surface area contributed by atoms with E-state index in [0.29, 0.717) is 18.7 Å². The molecule has 1 unspecified atom stereocenters. The highest BCUT2D eigenvalue weighted by Gasteiger charge is 2.10. The Balaban J connectivity index is 2.16. The molecule has 2 rings (SSSR count). The molecule has 2 nitrogen and oxygen atoms in total. The molecule has 0 saturated heterocycles. The molecule has 0 aliphatic rings. The standard InChI is InChI=1S/C18H23FN2/c1-13-6-4-5-7-16(13)12-21(3)18-9-8-15(10-14(2)20)11-17(18)19/h4-9,11,14H,10,12,20H2,1-3H3. The monoisotopic (exact) mass is 286 g/mol. The van der Waals surface area contributed by atoms with E-state index in [1.807, 2.05) is 43.1 Å². The van der Waals surface area contributed by atoms with Crippen LogP contribution in [0.1, 0.15) is 23.6 Å². The van der Waals surface area contributed by atoms with Crippen LogP contribution in [-0.4, -0.2) is 13.1 Å². The Labute approximate surface area is 126 Å². The second kappa shape index (κ2) is 6.72. The first-order chi connectivity index (χ1) is 9.97. The van der Waals surface area contributed by atoms with Crippen molar-refractivity contribution in [3.05, 3.63) is 65.0 Å². The van der Waals surface area contributed by atoms with Gasteiger partial charge in [0, 0.05) is 19.6 Å². The first-order valence-corrected chi connectivity index (χ1v) is 7.27. The Bertz CT molecular complexity index is 608. The van der Waals surface area contributed by atoms with Gasteiger partial charge in [-0.05, 0) is 49.1 Å². The summed E-state index contributed by atoms with van der Waals surface area (Å²) in [7, 11) is 1.91. The van der Waals surface area contributed by atoms with Gasteiger partial charge in [0.15, 0.2) is 0 Å². The Kier molecular flexibility index (Phi) is 4.97. The third-order valence-corrected chi connectivity index (χ3v) is 3.65. The van der Waals surface area contributed by atoms with Crippen LogP contribution in [0.4, 0.5) is 10.1 Å². The number of nitrogens with zero attached hydrogens (tertiary/aromatic N) is 1. The number of rotatable bonds is 5. The first-order valence-electron chi connectivity index (χ1n) is 7.27. The molecule has 0 heterocycles. The largest absolute Gasteiger partial charge is 0.368 e. The first kappa shape index (κ1) is 15.5. The Hall–Kier alpha value is -1.87. The average Bonchev–Trinajstić information content (AvgIpc) is 2.40. The maximum Gasteiger partial charge on any atom is 0.146 e. The van der Waals surface area contributed by atoms with Crippen LogP contribution in [0.25, 0.3) is 0 Å². The van der Waals surface area contributed by atoms with Crippen LogP contribution in [0, 0.1) is 12.7 Å². The van der Waals surface area contributed by atoms with Crippen molar-refractivity contribution in [1.29, 1.82) is 0 Å². The van der Waals surface area contributed by atoms with E-state index in [1.54, 1.807) is 6.07 Å². The third-order valence-electron chi connectivity index (χ3n) is 3.65. The van der Waals surface area contributed by atoms with E-state index >= 15 is 0 Å². The van der Waals surface area contributed by atoms with Crippen molar-refractivity contribution in [1.82, 2.24) is 0 Å². The molecule has 0 aliphatic carbocycles. The highest BCUT2D eigenvalue weighted by Crippen LogP contribution is 2.22. The smallest absolute Gasteiger partial charge is 0.146 e. The van der Waals surface area contributed by atoms with E-state index in [2.05, 4.69) is 19.1 Å². The summed E-state index contributed by atoms with van der Waals surface area (Å²) < 4.78 is 14.3. The van der Waals surface area contributed by atoms with E-state index in [0.717, 1.165) is 5.56 Å². The third kappa shape index (κ3) is 4.05. The van der Waals surface area contributed by atoms with Gasteiger partial charge in [0.1, 0.15) is 5.82 Å². The molecule has 0 saturated carbocycles. The SMILES string of the molecule is Cc1ccccc1CN(C)c1ccc(CC(C)N)cc1F. The molecular weight excluding hydrogens is 263 g/mol. The summed E-state index contributed by atoms with van der Waals surface area (Å²) in [4.78, 5) is 1.94. The lowest BCUT2D eigenvalue weighted by molar-refractivity contribution is 0.617. The molecule has 0 amide bonds. The van der Waals surface area contributed by atoms with Crippen molar-refractivity contribution in [3.8, 4) is 0 Å². The summed E-state index contributed by atoms with van der Waals surface area (Å²) in [5.41, 5.74) is 9.74. The van der Waals surface area contributed by atoms with Crippen LogP contribution in [0.15, 0.2) is 42.5 Å². The number of nitrogens with two attached hydrogens (primary N) is 1. The molecule has 0 aromatic heterocycles. The van der Waals surface area contributed by atoms with E-state index < -0.39 is 0 Å². The highest BCUT2D eigenvalue weighted by molar-refractivity contribution is 5.49. The number of hydrogen-bond acceptors (Lipinski definition) is 2. The minimum absolute atomic E-state index is 0.0416. The van der Waals surface area contributed by atoms with Crippen molar-refractivity contribution < 1.29 is 4.39 Å². The van der Waals surface area contributed by atoms with E-state index in [9.17, 15) is 4.39 Å². The fourth-order valence-corrected chi connectivity index (χ4v) is 2.49. The van der Waals surface area contributed by atoms with Crippen molar-refractivity contribution >= 4 is 5.69 Å². The molecule has 112 valence electrons. The van der Waals surface area contributed by atoms with Gasteiger partial charge in [-0.2, -0.15) is 0 Å². The minimum Gasteiger partial charge on any atom is -0.368 e. The maximum absolute atomic E-state index is 14.3. The zero-order valence-corrected chi connectivity index (χ0v) is 12.9. The summed E-state index contributed by atoms with van der Waals surface area (Å²) in [6, 6.07) is 13.6. The van der Waals surface area contributed by atoms with Crippen molar-refractivity contribution in [2.75, 3.05) is 11.9 Å². The molecule has 0 aliphatic heterocycles. The predicted molar refractivity (Wildman–Crippen MR) is 87.0 cm³/mol. The summed E-state index contributed by atoms with van der Waals surface area (Å²) in [5, 5.41) is 0. The van der Waals surface area contributed by atoms with Gasteiger partial charge in [-0.3, -0.25) is 0 Å². The summed E-state index contributed by atoms with van der Waals surface area (Å²) >= 11 is 0. The van der Waals surface area contributed by atoms with Gasteiger partial charge in [-0.1, -0.05) is 30.3 Å². The summed E-state index contributed by atoms with van der Waals surface area (Å²) in [6.45, 7) is 4.69. The molecule has 0 radical (unpaired) electrons. The highest BCUT2D eigenvalue weighted by atomic mass is 19.1. The molecule has 21 heavy (non-hydrogen) atoms. The lowest BCUT2D eigenvalue weighted by Crippen LogP contribution is -2.20. The van der Waals surface area contributed by atoms with Crippen LogP contribution in [-0.2, 0) is 13.0 Å².